The van der Waals surface area contributed by atoms with Gasteiger partial charge in [-0.1, -0.05) is 20.4 Å². The van der Waals surface area contributed by atoms with E-state index in [9.17, 15) is 9.59 Å². The van der Waals surface area contributed by atoms with Gasteiger partial charge in [0.25, 0.3) is 0 Å². The largest absolute Gasteiger partial charge is 0.465 e. The zero-order valence-corrected chi connectivity index (χ0v) is 12.0. The molecule has 6 unspecified atom stereocenters. The Balaban J connectivity index is 1.98. The van der Waals surface area contributed by atoms with E-state index in [2.05, 4.69) is 20.4 Å². The van der Waals surface area contributed by atoms with Gasteiger partial charge in [0.15, 0.2) is 0 Å². The molecule has 0 aromatic carbocycles. The zero-order chi connectivity index (χ0) is 14.7. The molecule has 110 valence electrons. The van der Waals surface area contributed by atoms with Crippen LogP contribution >= 0.6 is 0 Å². The lowest BCUT2D eigenvalue weighted by atomic mass is 9.78. The van der Waals surface area contributed by atoms with Crippen LogP contribution in [-0.4, -0.2) is 37.9 Å². The Labute approximate surface area is 118 Å². The molecule has 2 aliphatic carbocycles. The second-order valence-corrected chi connectivity index (χ2v) is 6.50. The number of hydrogen-bond acceptors (Lipinski definition) is 5. The number of carbonyl (C=O) groups excluding carboxylic acids is 2. The van der Waals surface area contributed by atoms with E-state index >= 15 is 0 Å². The van der Waals surface area contributed by atoms with Crippen LogP contribution in [0, 0.1) is 29.1 Å². The molecule has 6 atom stereocenters. The molecule has 2 bridgehead atoms. The molecular weight excluding hydrogens is 260 g/mol. The first-order valence-electron chi connectivity index (χ1n) is 6.96. The van der Waals surface area contributed by atoms with Gasteiger partial charge in [0.1, 0.15) is 6.10 Å². The molecule has 20 heavy (non-hydrogen) atoms. The van der Waals surface area contributed by atoms with E-state index in [1.807, 2.05) is 0 Å². The van der Waals surface area contributed by atoms with Gasteiger partial charge in [0, 0.05) is 30.9 Å². The molecule has 1 aliphatic heterocycles. The predicted molar refractivity (Wildman–Crippen MR) is 69.6 cm³/mol. The Bertz CT molecular complexity index is 469. The van der Waals surface area contributed by atoms with E-state index in [0.717, 1.165) is 6.08 Å². The highest BCUT2D eigenvalue weighted by Crippen LogP contribution is 2.66. The Morgan fingerprint density at radius 3 is 2.70 bits per heavy atom. The molecule has 0 spiro atoms. The van der Waals surface area contributed by atoms with Crippen molar-refractivity contribution in [3.8, 4) is 0 Å². The van der Waals surface area contributed by atoms with Crippen LogP contribution < -0.4 is 0 Å². The monoisotopic (exact) mass is 280 g/mol. The summed E-state index contributed by atoms with van der Waals surface area (Å²) >= 11 is 0. The molecule has 2 saturated carbocycles. The number of methoxy groups -OCH3 is 1. The van der Waals surface area contributed by atoms with Crippen molar-refractivity contribution in [1.82, 2.24) is 0 Å². The normalized spacial score (nSPS) is 44.0. The first kappa shape index (κ1) is 13.6. The van der Waals surface area contributed by atoms with E-state index < -0.39 is 12.1 Å². The lowest BCUT2D eigenvalue weighted by Gasteiger charge is -2.34. The van der Waals surface area contributed by atoms with Crippen LogP contribution in [0.2, 0.25) is 0 Å². The Hall–Kier alpha value is -1.36. The molecule has 1 saturated heterocycles. The minimum atomic E-state index is -0.469. The summed E-state index contributed by atoms with van der Waals surface area (Å²) in [6.07, 6.45) is 0.558. The number of ether oxygens (including phenoxy) is 3. The number of fused-ring (bicyclic) bond motifs is 5. The molecule has 1 heterocycles. The van der Waals surface area contributed by atoms with Crippen LogP contribution in [0.5, 0.6) is 0 Å². The van der Waals surface area contributed by atoms with Crippen molar-refractivity contribution in [2.45, 2.75) is 26.1 Å². The molecule has 3 fully saturated rings. The summed E-state index contributed by atoms with van der Waals surface area (Å²) in [6, 6.07) is 0. The fourth-order valence-corrected chi connectivity index (χ4v) is 4.84. The maximum atomic E-state index is 12.0. The number of rotatable bonds is 3. The van der Waals surface area contributed by atoms with Crippen molar-refractivity contribution in [1.29, 1.82) is 0 Å². The fourth-order valence-electron chi connectivity index (χ4n) is 4.84. The Morgan fingerprint density at radius 1 is 1.40 bits per heavy atom. The van der Waals surface area contributed by atoms with Gasteiger partial charge in [0.2, 0.25) is 0 Å². The Morgan fingerprint density at radius 2 is 2.10 bits per heavy atom. The average molecular weight is 280 g/mol. The summed E-state index contributed by atoms with van der Waals surface area (Å²) in [6.45, 7) is 8.13. The van der Waals surface area contributed by atoms with Gasteiger partial charge < -0.3 is 14.2 Å². The summed E-state index contributed by atoms with van der Waals surface area (Å²) in [4.78, 5) is 23.6. The van der Waals surface area contributed by atoms with Gasteiger partial charge in [-0.2, -0.15) is 0 Å². The third-order valence-electron chi connectivity index (χ3n) is 5.44. The predicted octanol–water partition coefficient (Wildman–Crippen LogP) is 1.17. The van der Waals surface area contributed by atoms with Crippen LogP contribution in [0.25, 0.3) is 0 Å². The van der Waals surface area contributed by atoms with E-state index in [4.69, 9.17) is 14.2 Å². The van der Waals surface area contributed by atoms with Crippen molar-refractivity contribution >= 4 is 11.9 Å². The van der Waals surface area contributed by atoms with Crippen molar-refractivity contribution in [2.24, 2.45) is 29.1 Å². The lowest BCUT2D eigenvalue weighted by Crippen LogP contribution is -2.45. The van der Waals surface area contributed by atoms with Crippen LogP contribution in [0.3, 0.4) is 0 Å². The van der Waals surface area contributed by atoms with E-state index in [-0.39, 0.29) is 41.2 Å². The van der Waals surface area contributed by atoms with Crippen LogP contribution in [0.15, 0.2) is 12.7 Å². The fraction of sp³-hybridized carbons (Fsp3) is 0.733. The van der Waals surface area contributed by atoms with Gasteiger partial charge in [-0.15, -0.1) is 0 Å². The van der Waals surface area contributed by atoms with Gasteiger partial charge in [-0.3, -0.25) is 4.79 Å². The van der Waals surface area contributed by atoms with Crippen LogP contribution in [-0.2, 0) is 23.8 Å². The summed E-state index contributed by atoms with van der Waals surface area (Å²) in [5, 5.41) is 0. The Kier molecular flexibility index (Phi) is 2.94. The second-order valence-electron chi connectivity index (χ2n) is 6.50. The number of carbonyl (C=O) groups is 2. The molecule has 3 aliphatic rings. The molecule has 3 rings (SSSR count). The number of esters is 2. The van der Waals surface area contributed by atoms with Gasteiger partial charge >= 0.3 is 11.9 Å². The molecule has 5 nitrogen and oxygen atoms in total. The SMILES string of the molecule is C=CC(=O)OC1C(OC)C2C3COC(=O)C3C1C2(C)C. The second kappa shape index (κ2) is 4.32. The standard InChI is InChI=1S/C15H20O5/c1-5-8(16)20-13-11-9-7(6-19-14(9)17)10(12(13)18-4)15(11,2)3/h5,7,9-13H,1,6H2,2-4H3. The molecule has 0 aromatic rings. The molecule has 0 aromatic heterocycles. The first-order valence-corrected chi connectivity index (χ1v) is 6.96. The topological polar surface area (TPSA) is 61.8 Å². The summed E-state index contributed by atoms with van der Waals surface area (Å²) in [5.41, 5.74) is -0.110. The van der Waals surface area contributed by atoms with E-state index in [1.165, 1.54) is 0 Å². The zero-order valence-electron chi connectivity index (χ0n) is 12.0. The van der Waals surface area contributed by atoms with Gasteiger partial charge in [-0.25, -0.2) is 4.79 Å². The third kappa shape index (κ3) is 1.53. The quantitative estimate of drug-likeness (QED) is 0.574. The molecular formula is C15H20O5. The maximum Gasteiger partial charge on any atom is 0.330 e. The lowest BCUT2D eigenvalue weighted by molar-refractivity contribution is -0.161. The minimum absolute atomic E-state index is 0.0543. The summed E-state index contributed by atoms with van der Waals surface area (Å²) in [7, 11) is 1.63. The van der Waals surface area contributed by atoms with E-state index in [0.29, 0.717) is 6.61 Å². The average Bonchev–Trinajstić information content (AvgIpc) is 2.94. The molecule has 0 amide bonds. The molecule has 0 radical (unpaired) electrons. The highest BCUT2D eigenvalue weighted by molar-refractivity contribution is 5.82. The molecule has 0 N–H and O–H groups in total. The number of hydrogen-bond donors (Lipinski definition) is 0. The first-order chi connectivity index (χ1) is 9.43. The van der Waals surface area contributed by atoms with Crippen molar-refractivity contribution in [3.63, 3.8) is 0 Å². The van der Waals surface area contributed by atoms with Gasteiger partial charge in [-0.05, 0) is 5.41 Å². The van der Waals surface area contributed by atoms with Crippen molar-refractivity contribution in [3.05, 3.63) is 12.7 Å². The highest BCUT2D eigenvalue weighted by atomic mass is 16.6. The minimum Gasteiger partial charge on any atom is -0.465 e. The van der Waals surface area contributed by atoms with Crippen molar-refractivity contribution in [2.75, 3.05) is 13.7 Å². The van der Waals surface area contributed by atoms with E-state index in [1.54, 1.807) is 7.11 Å². The summed E-state index contributed by atoms with van der Waals surface area (Å²) < 4.78 is 16.3. The molecule has 5 heteroatoms. The highest BCUT2D eigenvalue weighted by Gasteiger charge is 2.73. The maximum absolute atomic E-state index is 12.0. The van der Waals surface area contributed by atoms with Gasteiger partial charge in [0.05, 0.1) is 18.6 Å². The van der Waals surface area contributed by atoms with Crippen LogP contribution in [0.1, 0.15) is 13.8 Å². The smallest absolute Gasteiger partial charge is 0.330 e. The van der Waals surface area contributed by atoms with Crippen LogP contribution in [0.4, 0.5) is 0 Å². The summed E-state index contributed by atoms with van der Waals surface area (Å²) in [5.74, 6) is -0.527. The third-order valence-corrected chi connectivity index (χ3v) is 5.44. The van der Waals surface area contributed by atoms with Crippen molar-refractivity contribution < 1.29 is 23.8 Å². The number of cyclic esters (lactones) is 1.